The molecular weight excluding hydrogens is 290 g/mol. The molecule has 23 heavy (non-hydrogen) atoms. The Kier molecular flexibility index (Phi) is 4.06. The Balaban J connectivity index is 1.76. The van der Waals surface area contributed by atoms with Crippen LogP contribution in [0.2, 0.25) is 0 Å². The number of aromatic nitrogens is 1. The van der Waals surface area contributed by atoms with Crippen molar-refractivity contribution >= 4 is 11.4 Å². The first-order chi connectivity index (χ1) is 10.9. The van der Waals surface area contributed by atoms with Crippen molar-refractivity contribution < 1.29 is 9.63 Å². The van der Waals surface area contributed by atoms with Gasteiger partial charge in [0.1, 0.15) is 5.76 Å². The van der Waals surface area contributed by atoms with Gasteiger partial charge < -0.3 is 20.7 Å². The summed E-state index contributed by atoms with van der Waals surface area (Å²) in [5, 5.41) is 17.5. The average molecular weight is 315 g/mol. The molecule has 0 bridgehead atoms. The first-order valence-electron chi connectivity index (χ1n) is 8.17. The van der Waals surface area contributed by atoms with Crippen LogP contribution in [0.1, 0.15) is 44.1 Å². The van der Waals surface area contributed by atoms with Crippen LogP contribution in [0, 0.1) is 13.8 Å². The van der Waals surface area contributed by atoms with Crippen molar-refractivity contribution in [3.63, 3.8) is 0 Å². The first kappa shape index (κ1) is 15.9. The Hall–Kier alpha value is -2.01. The summed E-state index contributed by atoms with van der Waals surface area (Å²) in [6.45, 7) is 5.75. The molecule has 3 rings (SSSR count). The van der Waals surface area contributed by atoms with Gasteiger partial charge in [-0.3, -0.25) is 0 Å². The first-order valence-corrected chi connectivity index (χ1v) is 8.17. The van der Waals surface area contributed by atoms with Crippen LogP contribution in [-0.4, -0.2) is 21.9 Å². The van der Waals surface area contributed by atoms with Crippen LogP contribution in [0.4, 0.5) is 11.4 Å². The fraction of sp³-hybridized carbons (Fsp3) is 0.500. The summed E-state index contributed by atoms with van der Waals surface area (Å²) >= 11 is 0. The van der Waals surface area contributed by atoms with Crippen LogP contribution in [0.25, 0.3) is 11.1 Å². The maximum Gasteiger partial charge on any atom is 0.141 e. The minimum absolute atomic E-state index is 0.363. The number of rotatable bonds is 3. The van der Waals surface area contributed by atoms with Gasteiger partial charge in [-0.05, 0) is 64.2 Å². The molecule has 0 atom stereocenters. The minimum atomic E-state index is -0.517. The normalized spacial score (nSPS) is 24.6. The molecule has 1 aliphatic carbocycles. The van der Waals surface area contributed by atoms with Crippen molar-refractivity contribution in [2.45, 2.75) is 58.1 Å². The number of aryl methyl sites for hydroxylation is 2. The zero-order chi connectivity index (χ0) is 16.6. The maximum absolute atomic E-state index is 10.0. The van der Waals surface area contributed by atoms with Gasteiger partial charge in [-0.15, -0.1) is 0 Å². The number of nitrogens with one attached hydrogen (secondary N) is 1. The molecular formula is C18H25N3O2. The third-order valence-electron chi connectivity index (χ3n) is 4.80. The van der Waals surface area contributed by atoms with E-state index in [0.29, 0.717) is 6.04 Å². The molecule has 0 radical (unpaired) electrons. The Morgan fingerprint density at radius 2 is 2.00 bits per heavy atom. The van der Waals surface area contributed by atoms with E-state index in [-0.39, 0.29) is 0 Å². The van der Waals surface area contributed by atoms with Gasteiger partial charge in [-0.1, -0.05) is 11.2 Å². The van der Waals surface area contributed by atoms with Gasteiger partial charge in [0, 0.05) is 11.6 Å². The largest absolute Gasteiger partial charge is 0.397 e. The van der Waals surface area contributed by atoms with Gasteiger partial charge in [0.25, 0.3) is 0 Å². The van der Waals surface area contributed by atoms with Gasteiger partial charge in [0.15, 0.2) is 0 Å². The third kappa shape index (κ3) is 3.34. The Morgan fingerprint density at radius 3 is 2.57 bits per heavy atom. The second kappa shape index (κ2) is 5.89. The molecule has 2 aromatic rings. The number of benzene rings is 1. The predicted molar refractivity (Wildman–Crippen MR) is 92.3 cm³/mol. The predicted octanol–water partition coefficient (Wildman–Crippen LogP) is 3.65. The van der Waals surface area contributed by atoms with Crippen molar-refractivity contribution in [1.82, 2.24) is 5.16 Å². The fourth-order valence-electron chi connectivity index (χ4n) is 3.35. The van der Waals surface area contributed by atoms with Crippen LogP contribution in [0.15, 0.2) is 22.7 Å². The number of aliphatic hydroxyl groups is 1. The number of nitrogens with two attached hydrogens (primary N) is 1. The number of hydrogen-bond donors (Lipinski definition) is 3. The summed E-state index contributed by atoms with van der Waals surface area (Å²) in [5.74, 6) is 0.803. The molecule has 1 aromatic heterocycles. The summed E-state index contributed by atoms with van der Waals surface area (Å²) in [4.78, 5) is 0. The van der Waals surface area contributed by atoms with E-state index in [9.17, 15) is 5.11 Å². The Labute approximate surface area is 136 Å². The van der Waals surface area contributed by atoms with Crippen LogP contribution < -0.4 is 11.1 Å². The van der Waals surface area contributed by atoms with E-state index in [1.54, 1.807) is 0 Å². The van der Waals surface area contributed by atoms with Crippen LogP contribution in [0.5, 0.6) is 0 Å². The van der Waals surface area contributed by atoms with Crippen molar-refractivity contribution in [3.8, 4) is 11.1 Å². The zero-order valence-electron chi connectivity index (χ0n) is 14.0. The molecule has 0 amide bonds. The quantitative estimate of drug-likeness (QED) is 0.753. The topological polar surface area (TPSA) is 84.3 Å². The van der Waals surface area contributed by atoms with Crippen LogP contribution in [0.3, 0.4) is 0 Å². The molecule has 4 N–H and O–H groups in total. The summed E-state index contributed by atoms with van der Waals surface area (Å²) in [7, 11) is 0. The summed E-state index contributed by atoms with van der Waals surface area (Å²) in [6, 6.07) is 6.39. The average Bonchev–Trinajstić information content (AvgIpc) is 2.82. The van der Waals surface area contributed by atoms with E-state index in [4.69, 9.17) is 10.3 Å². The highest BCUT2D eigenvalue weighted by Gasteiger charge is 2.28. The second-order valence-corrected chi connectivity index (χ2v) is 6.92. The van der Waals surface area contributed by atoms with E-state index in [2.05, 4.69) is 10.5 Å². The number of nitrogen functional groups attached to an aromatic ring is 1. The molecule has 1 heterocycles. The highest BCUT2D eigenvalue weighted by molar-refractivity contribution is 5.77. The van der Waals surface area contributed by atoms with Crippen LogP contribution >= 0.6 is 0 Å². The van der Waals surface area contributed by atoms with Gasteiger partial charge >= 0.3 is 0 Å². The number of hydrogen-bond acceptors (Lipinski definition) is 5. The van der Waals surface area contributed by atoms with Crippen molar-refractivity contribution in [2.24, 2.45) is 0 Å². The molecule has 124 valence electrons. The third-order valence-corrected chi connectivity index (χ3v) is 4.80. The van der Waals surface area contributed by atoms with Gasteiger partial charge in [-0.2, -0.15) is 0 Å². The lowest BCUT2D eigenvalue weighted by atomic mass is 9.83. The lowest BCUT2D eigenvalue weighted by Crippen LogP contribution is -2.35. The van der Waals surface area contributed by atoms with Gasteiger partial charge in [0.2, 0.25) is 0 Å². The highest BCUT2D eigenvalue weighted by Crippen LogP contribution is 2.34. The maximum atomic E-state index is 10.0. The zero-order valence-corrected chi connectivity index (χ0v) is 14.0. The molecule has 5 heteroatoms. The molecule has 1 saturated carbocycles. The van der Waals surface area contributed by atoms with E-state index in [1.807, 2.05) is 39.0 Å². The summed E-state index contributed by atoms with van der Waals surface area (Å²) in [6.07, 6.45) is 3.56. The SMILES string of the molecule is Cc1noc(C)c1-c1ccc(N[C@H]2CC[C@@](C)(O)CC2)c(N)c1. The smallest absolute Gasteiger partial charge is 0.141 e. The van der Waals surface area contributed by atoms with Crippen molar-refractivity contribution in [2.75, 3.05) is 11.1 Å². The monoisotopic (exact) mass is 315 g/mol. The molecule has 0 aliphatic heterocycles. The molecule has 0 saturated heterocycles. The standard InChI is InChI=1S/C18H25N3O2/c1-11-17(12(2)23-21-11)13-4-5-16(15(19)10-13)20-14-6-8-18(3,22)9-7-14/h4-5,10,14,20,22H,6-9,19H2,1-3H3/t14-,18+. The molecule has 1 fully saturated rings. The Bertz CT molecular complexity index is 677. The van der Waals surface area contributed by atoms with E-state index < -0.39 is 5.60 Å². The summed E-state index contributed by atoms with van der Waals surface area (Å²) in [5.41, 5.74) is 10.3. The molecule has 1 aliphatic rings. The Morgan fingerprint density at radius 1 is 1.30 bits per heavy atom. The lowest BCUT2D eigenvalue weighted by molar-refractivity contribution is 0.0196. The lowest BCUT2D eigenvalue weighted by Gasteiger charge is -2.34. The van der Waals surface area contributed by atoms with E-state index in [1.165, 1.54) is 0 Å². The van der Waals surface area contributed by atoms with Gasteiger partial charge in [-0.25, -0.2) is 0 Å². The van der Waals surface area contributed by atoms with Crippen molar-refractivity contribution in [1.29, 1.82) is 0 Å². The van der Waals surface area contributed by atoms with Crippen molar-refractivity contribution in [3.05, 3.63) is 29.7 Å². The fourth-order valence-corrected chi connectivity index (χ4v) is 3.35. The molecule has 1 aromatic carbocycles. The number of anilines is 2. The second-order valence-electron chi connectivity index (χ2n) is 6.92. The number of nitrogens with zero attached hydrogens (tertiary/aromatic N) is 1. The van der Waals surface area contributed by atoms with E-state index in [0.717, 1.165) is 59.6 Å². The van der Waals surface area contributed by atoms with E-state index >= 15 is 0 Å². The molecule has 5 nitrogen and oxygen atoms in total. The van der Waals surface area contributed by atoms with Gasteiger partial charge in [0.05, 0.1) is 22.7 Å². The highest BCUT2D eigenvalue weighted by atomic mass is 16.5. The minimum Gasteiger partial charge on any atom is -0.397 e. The van der Waals surface area contributed by atoms with Crippen LogP contribution in [-0.2, 0) is 0 Å². The summed E-state index contributed by atoms with van der Waals surface area (Å²) < 4.78 is 5.23. The molecule has 0 unspecified atom stereocenters. The molecule has 0 spiro atoms.